The number of hydrogen-bond acceptors (Lipinski definition) is 4. The normalized spacial score (nSPS) is 14.5. The fourth-order valence-corrected chi connectivity index (χ4v) is 3.95. The summed E-state index contributed by atoms with van der Waals surface area (Å²) in [6.45, 7) is 9.66. The molecule has 0 bridgehead atoms. The second kappa shape index (κ2) is 9.01. The average Bonchev–Trinajstić information content (AvgIpc) is 3.11. The van der Waals surface area contributed by atoms with Crippen LogP contribution in [0.25, 0.3) is 0 Å². The van der Waals surface area contributed by atoms with E-state index in [1.165, 1.54) is 12.3 Å². The van der Waals surface area contributed by atoms with Gasteiger partial charge in [0.15, 0.2) is 8.32 Å². The van der Waals surface area contributed by atoms with Gasteiger partial charge >= 0.3 is 0 Å². The van der Waals surface area contributed by atoms with Crippen molar-refractivity contribution in [1.29, 1.82) is 5.26 Å². The van der Waals surface area contributed by atoms with E-state index in [9.17, 15) is 18.4 Å². The molecule has 0 aliphatic carbocycles. The molecule has 0 N–H and O–H groups in total. The Morgan fingerprint density at radius 2 is 1.83 bits per heavy atom. The van der Waals surface area contributed by atoms with Crippen molar-refractivity contribution in [3.05, 3.63) is 47.8 Å². The van der Waals surface area contributed by atoms with E-state index in [0.717, 1.165) is 5.56 Å². The van der Waals surface area contributed by atoms with E-state index in [1.807, 2.05) is 45.6 Å². The number of rotatable bonds is 9. The number of ether oxygens (including phenoxy) is 1. The first-order chi connectivity index (χ1) is 13.5. The van der Waals surface area contributed by atoms with Crippen LogP contribution >= 0.6 is 0 Å². The lowest BCUT2D eigenvalue weighted by atomic mass is 9.79. The van der Waals surface area contributed by atoms with Crippen molar-refractivity contribution in [2.24, 2.45) is 0 Å². The van der Waals surface area contributed by atoms with Crippen LogP contribution in [0.4, 0.5) is 13.2 Å². The lowest BCUT2D eigenvalue weighted by Gasteiger charge is -2.35. The number of para-hydroxylation sites is 1. The number of nitriles is 1. The summed E-state index contributed by atoms with van der Waals surface area (Å²) in [6, 6.07) is 10.8. The van der Waals surface area contributed by atoms with Gasteiger partial charge in [0.1, 0.15) is 18.5 Å². The molecule has 0 saturated heterocycles. The average molecular weight is 426 g/mol. The Morgan fingerprint density at radius 1 is 1.17 bits per heavy atom. The lowest BCUT2D eigenvalue weighted by molar-refractivity contribution is -0.00237. The number of nitrogens with zero attached hydrogens (tertiary/aromatic N) is 3. The first kappa shape index (κ1) is 23.0. The summed E-state index contributed by atoms with van der Waals surface area (Å²) in [4.78, 5) is 0. The van der Waals surface area contributed by atoms with Crippen molar-refractivity contribution < 1.29 is 22.3 Å². The molecule has 9 heteroatoms. The van der Waals surface area contributed by atoms with Gasteiger partial charge in [-0.1, -0.05) is 32.0 Å². The van der Waals surface area contributed by atoms with Crippen LogP contribution in [0.1, 0.15) is 31.4 Å². The summed E-state index contributed by atoms with van der Waals surface area (Å²) >= 11 is 0. The summed E-state index contributed by atoms with van der Waals surface area (Å²) in [5.74, 6) is 0.470. The van der Waals surface area contributed by atoms with E-state index >= 15 is 0 Å². The molecule has 1 heterocycles. The van der Waals surface area contributed by atoms with Gasteiger partial charge in [-0.2, -0.15) is 10.4 Å². The summed E-state index contributed by atoms with van der Waals surface area (Å²) in [5.41, 5.74) is 0.222. The third-order valence-electron chi connectivity index (χ3n) is 4.39. The lowest BCUT2D eigenvalue weighted by Crippen LogP contribution is -2.42. The summed E-state index contributed by atoms with van der Waals surface area (Å²) in [5, 5.41) is 13.3. The van der Waals surface area contributed by atoms with Crippen molar-refractivity contribution >= 4 is 8.32 Å². The largest absolute Gasteiger partial charge is 0.487 e. The van der Waals surface area contributed by atoms with E-state index in [1.54, 1.807) is 12.1 Å². The smallest absolute Gasteiger partial charge is 0.289 e. The van der Waals surface area contributed by atoms with Crippen molar-refractivity contribution in [3.63, 3.8) is 0 Å². The van der Waals surface area contributed by atoms with Gasteiger partial charge in [0.25, 0.3) is 12.7 Å². The number of hydrogen-bond donors (Lipinski definition) is 0. The van der Waals surface area contributed by atoms with Gasteiger partial charge in [-0.15, -0.1) is 0 Å². The molecule has 0 fully saturated rings. The SMILES string of the molecule is CC(C)(c1ccccc1OCc1ccnn1C(F)C(F)F)C(C#N)O[Si](C)(C)C. The first-order valence-corrected chi connectivity index (χ1v) is 12.6. The van der Waals surface area contributed by atoms with Crippen molar-refractivity contribution in [2.75, 3.05) is 0 Å². The third-order valence-corrected chi connectivity index (χ3v) is 5.34. The highest BCUT2D eigenvalue weighted by Crippen LogP contribution is 2.37. The molecule has 2 unspecified atom stereocenters. The fourth-order valence-electron chi connectivity index (χ4n) is 2.89. The third kappa shape index (κ3) is 5.61. The maximum absolute atomic E-state index is 13.7. The maximum Gasteiger partial charge on any atom is 0.289 e. The Hall–Kier alpha value is -2.31. The van der Waals surface area contributed by atoms with Gasteiger partial charge < -0.3 is 9.16 Å². The van der Waals surface area contributed by atoms with Crippen LogP contribution < -0.4 is 4.74 Å². The molecular weight excluding hydrogens is 399 g/mol. The molecule has 0 aliphatic heterocycles. The number of aromatic nitrogens is 2. The maximum atomic E-state index is 13.7. The highest BCUT2D eigenvalue weighted by atomic mass is 28.4. The zero-order valence-electron chi connectivity index (χ0n) is 17.2. The number of alkyl halides is 3. The van der Waals surface area contributed by atoms with Crippen LogP contribution in [0, 0.1) is 11.3 Å². The highest BCUT2D eigenvalue weighted by Gasteiger charge is 2.37. The van der Waals surface area contributed by atoms with E-state index in [4.69, 9.17) is 9.16 Å². The van der Waals surface area contributed by atoms with E-state index in [-0.39, 0.29) is 12.3 Å². The Morgan fingerprint density at radius 3 is 2.41 bits per heavy atom. The Kier molecular flexibility index (Phi) is 7.14. The predicted molar refractivity (Wildman–Crippen MR) is 106 cm³/mol. The minimum Gasteiger partial charge on any atom is -0.487 e. The van der Waals surface area contributed by atoms with Gasteiger partial charge in [0, 0.05) is 17.2 Å². The van der Waals surface area contributed by atoms with Gasteiger partial charge in [0.2, 0.25) is 0 Å². The second-order valence-corrected chi connectivity index (χ2v) is 12.7. The van der Waals surface area contributed by atoms with E-state index in [2.05, 4.69) is 11.2 Å². The Bertz CT molecular complexity index is 859. The Labute approximate surface area is 170 Å². The van der Waals surface area contributed by atoms with Crippen LogP contribution in [-0.4, -0.2) is 30.6 Å². The minimum absolute atomic E-state index is 0.146. The standard InChI is InChI=1S/C20H26F3N3O2Si/c1-20(2,17(12-24)28-29(3,4)5)15-8-6-7-9-16(15)27-13-14-10-11-25-26(14)19(23)18(21)22/h6-11,17-19H,13H2,1-5H3. The molecule has 2 atom stereocenters. The molecule has 5 nitrogen and oxygen atoms in total. The van der Waals surface area contributed by atoms with E-state index in [0.29, 0.717) is 10.4 Å². The molecule has 1 aromatic carbocycles. The van der Waals surface area contributed by atoms with Gasteiger partial charge in [-0.05, 0) is 31.8 Å². The highest BCUT2D eigenvalue weighted by molar-refractivity contribution is 6.69. The van der Waals surface area contributed by atoms with Crippen LogP contribution in [0.2, 0.25) is 19.6 Å². The molecule has 2 aromatic rings. The number of halogens is 3. The zero-order valence-corrected chi connectivity index (χ0v) is 18.2. The molecule has 1 aromatic heterocycles. The van der Waals surface area contributed by atoms with Crippen LogP contribution in [0.15, 0.2) is 36.5 Å². The topological polar surface area (TPSA) is 60.1 Å². The summed E-state index contributed by atoms with van der Waals surface area (Å²) in [7, 11) is -1.98. The Balaban J connectivity index is 2.28. The molecular formula is C20H26F3N3O2Si. The van der Waals surface area contributed by atoms with Gasteiger partial charge in [0.05, 0.1) is 11.8 Å². The van der Waals surface area contributed by atoms with Gasteiger partial charge in [-0.25, -0.2) is 17.9 Å². The van der Waals surface area contributed by atoms with Crippen molar-refractivity contribution in [1.82, 2.24) is 9.78 Å². The first-order valence-electron chi connectivity index (χ1n) is 9.21. The molecule has 0 amide bonds. The van der Waals surface area contributed by atoms with E-state index < -0.39 is 32.6 Å². The van der Waals surface area contributed by atoms with Crippen LogP contribution in [0.5, 0.6) is 5.75 Å². The molecule has 0 radical (unpaired) electrons. The molecule has 0 aliphatic rings. The minimum atomic E-state index is -3.19. The van der Waals surface area contributed by atoms with Crippen LogP contribution in [0.3, 0.4) is 0 Å². The number of benzene rings is 1. The van der Waals surface area contributed by atoms with Gasteiger partial charge in [-0.3, -0.25) is 0 Å². The van der Waals surface area contributed by atoms with Crippen LogP contribution in [-0.2, 0) is 16.4 Å². The fraction of sp³-hybridized carbons (Fsp3) is 0.500. The summed E-state index contributed by atoms with van der Waals surface area (Å²) < 4.78 is 51.6. The quantitative estimate of drug-likeness (QED) is 0.517. The molecule has 0 spiro atoms. The second-order valence-electron chi connectivity index (χ2n) is 8.22. The molecule has 0 saturated carbocycles. The van der Waals surface area contributed by atoms with Crippen molar-refractivity contribution in [2.45, 2.75) is 64.3 Å². The zero-order chi connectivity index (χ0) is 21.8. The summed E-state index contributed by atoms with van der Waals surface area (Å²) in [6.07, 6.45) is -5.17. The predicted octanol–water partition coefficient (Wildman–Crippen LogP) is 5.22. The monoisotopic (exact) mass is 425 g/mol. The molecule has 158 valence electrons. The molecule has 2 rings (SSSR count). The molecule has 29 heavy (non-hydrogen) atoms. The van der Waals surface area contributed by atoms with Crippen molar-refractivity contribution in [3.8, 4) is 11.8 Å².